The van der Waals surface area contributed by atoms with Gasteiger partial charge in [-0.25, -0.2) is 4.98 Å². The predicted octanol–water partition coefficient (Wildman–Crippen LogP) is 4.52. The van der Waals surface area contributed by atoms with Gasteiger partial charge in [0.15, 0.2) is 0 Å². The van der Waals surface area contributed by atoms with Crippen LogP contribution in [0.25, 0.3) is 0 Å². The molecule has 1 aromatic carbocycles. The van der Waals surface area contributed by atoms with Gasteiger partial charge in [-0.05, 0) is 38.0 Å². The van der Waals surface area contributed by atoms with Crippen molar-refractivity contribution in [1.29, 1.82) is 0 Å². The van der Waals surface area contributed by atoms with Crippen molar-refractivity contribution in [3.8, 4) is 0 Å². The Morgan fingerprint density at radius 1 is 1.17 bits per heavy atom. The molecule has 5 nitrogen and oxygen atoms in total. The predicted molar refractivity (Wildman–Crippen MR) is 112 cm³/mol. The van der Waals surface area contributed by atoms with Gasteiger partial charge in [-0.3, -0.25) is 9.69 Å². The molecule has 2 heterocycles. The number of carbonyl (C=O) groups is 1. The summed E-state index contributed by atoms with van der Waals surface area (Å²) in [6, 6.07) is 6.40. The molecule has 0 spiro atoms. The standard InChI is InChI=1S/C21H24ClF3N4O/c1-13-5-4-6-14(2)18(13)27-20(30)15(3)28-7-9-29(10-8-28)19-17(22)11-16(12-26-19)21(23,24)25/h4-6,11-12,15H,7-10H2,1-3H3,(H,27,30). The Labute approximate surface area is 178 Å². The number of nitrogens with zero attached hydrogens (tertiary/aromatic N) is 3. The van der Waals surface area contributed by atoms with Crippen LogP contribution in [0.3, 0.4) is 0 Å². The molecule has 1 amide bonds. The number of hydrogen-bond acceptors (Lipinski definition) is 4. The lowest BCUT2D eigenvalue weighted by Gasteiger charge is -2.38. The van der Waals surface area contributed by atoms with Gasteiger partial charge in [0, 0.05) is 38.1 Å². The number of carbonyl (C=O) groups excluding carboxylic acids is 1. The normalized spacial score (nSPS) is 16.4. The highest BCUT2D eigenvalue weighted by molar-refractivity contribution is 6.33. The molecule has 1 unspecified atom stereocenters. The summed E-state index contributed by atoms with van der Waals surface area (Å²) in [5.41, 5.74) is 1.96. The summed E-state index contributed by atoms with van der Waals surface area (Å²) >= 11 is 6.06. The van der Waals surface area contributed by atoms with Gasteiger partial charge >= 0.3 is 6.18 Å². The van der Waals surface area contributed by atoms with Crippen LogP contribution in [0.4, 0.5) is 24.7 Å². The summed E-state index contributed by atoms with van der Waals surface area (Å²) in [4.78, 5) is 20.6. The van der Waals surface area contributed by atoms with Crippen LogP contribution in [-0.4, -0.2) is 48.0 Å². The lowest BCUT2D eigenvalue weighted by Crippen LogP contribution is -2.53. The van der Waals surface area contributed by atoms with Crippen molar-refractivity contribution in [2.24, 2.45) is 0 Å². The lowest BCUT2D eigenvalue weighted by atomic mass is 10.1. The van der Waals surface area contributed by atoms with E-state index in [4.69, 9.17) is 11.6 Å². The van der Waals surface area contributed by atoms with Crippen molar-refractivity contribution < 1.29 is 18.0 Å². The Morgan fingerprint density at radius 3 is 2.30 bits per heavy atom. The molecule has 0 saturated carbocycles. The third kappa shape index (κ3) is 4.87. The quantitative estimate of drug-likeness (QED) is 0.759. The average Bonchev–Trinajstić information content (AvgIpc) is 2.69. The van der Waals surface area contributed by atoms with E-state index in [1.54, 1.807) is 0 Å². The van der Waals surface area contributed by atoms with Crippen LogP contribution in [0.2, 0.25) is 5.02 Å². The molecule has 3 rings (SSSR count). The van der Waals surface area contributed by atoms with Crippen LogP contribution in [0.1, 0.15) is 23.6 Å². The number of benzene rings is 1. The lowest BCUT2D eigenvalue weighted by molar-refractivity contribution is -0.137. The summed E-state index contributed by atoms with van der Waals surface area (Å²) in [5.74, 6) is 0.239. The smallest absolute Gasteiger partial charge is 0.353 e. The van der Waals surface area contributed by atoms with Gasteiger partial charge in [0.1, 0.15) is 5.82 Å². The largest absolute Gasteiger partial charge is 0.417 e. The van der Waals surface area contributed by atoms with E-state index in [9.17, 15) is 18.0 Å². The molecule has 1 saturated heterocycles. The summed E-state index contributed by atoms with van der Waals surface area (Å²) < 4.78 is 38.4. The van der Waals surface area contributed by atoms with Crippen molar-refractivity contribution in [3.05, 3.63) is 52.2 Å². The topological polar surface area (TPSA) is 48.5 Å². The third-order valence-electron chi connectivity index (χ3n) is 5.42. The molecule has 162 valence electrons. The van der Waals surface area contributed by atoms with Gasteiger partial charge in [-0.15, -0.1) is 0 Å². The summed E-state index contributed by atoms with van der Waals surface area (Å²) in [7, 11) is 0. The van der Waals surface area contributed by atoms with Crippen LogP contribution in [0.15, 0.2) is 30.5 Å². The van der Waals surface area contributed by atoms with E-state index in [1.807, 2.05) is 48.8 Å². The molecular weight excluding hydrogens is 417 g/mol. The van der Waals surface area contributed by atoms with Crippen LogP contribution in [0, 0.1) is 13.8 Å². The van der Waals surface area contributed by atoms with Gasteiger partial charge in [-0.2, -0.15) is 13.2 Å². The van der Waals surface area contributed by atoms with E-state index in [-0.39, 0.29) is 17.0 Å². The Hall–Kier alpha value is -2.32. The van der Waals surface area contributed by atoms with E-state index < -0.39 is 11.7 Å². The minimum atomic E-state index is -4.48. The minimum Gasteiger partial charge on any atom is -0.353 e. The van der Waals surface area contributed by atoms with Crippen LogP contribution >= 0.6 is 11.6 Å². The molecule has 0 radical (unpaired) electrons. The zero-order valence-corrected chi connectivity index (χ0v) is 17.8. The number of rotatable bonds is 4. The number of aromatic nitrogens is 1. The van der Waals surface area contributed by atoms with E-state index >= 15 is 0 Å². The number of piperazine rings is 1. The zero-order valence-electron chi connectivity index (χ0n) is 17.1. The maximum atomic E-state index is 12.8. The second-order valence-corrected chi connectivity index (χ2v) is 7.89. The Balaban J connectivity index is 1.62. The fourth-order valence-electron chi connectivity index (χ4n) is 3.54. The molecule has 0 bridgehead atoms. The van der Waals surface area contributed by atoms with E-state index in [1.165, 1.54) is 0 Å². The molecule has 1 N–H and O–H groups in total. The molecule has 1 aromatic heterocycles. The number of anilines is 2. The second kappa shape index (κ2) is 8.81. The number of halogens is 4. The van der Waals surface area contributed by atoms with Crippen LogP contribution in [-0.2, 0) is 11.0 Å². The van der Waals surface area contributed by atoms with Gasteiger partial charge in [-0.1, -0.05) is 29.8 Å². The first-order valence-corrected chi connectivity index (χ1v) is 10.0. The third-order valence-corrected chi connectivity index (χ3v) is 5.70. The summed E-state index contributed by atoms with van der Waals surface area (Å²) in [6.07, 6.45) is -3.68. The van der Waals surface area contributed by atoms with Crippen molar-refractivity contribution >= 4 is 29.0 Å². The minimum absolute atomic E-state index is 0.0286. The first kappa shape index (κ1) is 22.4. The SMILES string of the molecule is Cc1cccc(C)c1NC(=O)C(C)N1CCN(c2ncc(C(F)(F)F)cc2Cl)CC1. The number of hydrogen-bond donors (Lipinski definition) is 1. The maximum absolute atomic E-state index is 12.8. The number of nitrogens with one attached hydrogen (secondary N) is 1. The fourth-order valence-corrected chi connectivity index (χ4v) is 3.83. The number of aryl methyl sites for hydroxylation is 2. The monoisotopic (exact) mass is 440 g/mol. The molecule has 1 fully saturated rings. The van der Waals surface area contributed by atoms with Gasteiger partial charge < -0.3 is 10.2 Å². The van der Waals surface area contributed by atoms with E-state index in [2.05, 4.69) is 10.3 Å². The van der Waals surface area contributed by atoms with Crippen LogP contribution < -0.4 is 10.2 Å². The first-order chi connectivity index (χ1) is 14.1. The van der Waals surface area contributed by atoms with Crippen molar-refractivity contribution in [1.82, 2.24) is 9.88 Å². The van der Waals surface area contributed by atoms with Gasteiger partial charge in [0.2, 0.25) is 5.91 Å². The van der Waals surface area contributed by atoms with Crippen molar-refractivity contribution in [3.63, 3.8) is 0 Å². The van der Waals surface area contributed by atoms with E-state index in [0.717, 1.165) is 29.1 Å². The molecule has 1 aliphatic heterocycles. The maximum Gasteiger partial charge on any atom is 0.417 e. The number of amides is 1. The summed E-state index contributed by atoms with van der Waals surface area (Å²) in [5, 5.41) is 2.99. The molecule has 2 aromatic rings. The van der Waals surface area contributed by atoms with E-state index in [0.29, 0.717) is 32.0 Å². The van der Waals surface area contributed by atoms with Gasteiger partial charge in [0.25, 0.3) is 0 Å². The second-order valence-electron chi connectivity index (χ2n) is 7.48. The molecular formula is C21H24ClF3N4O. The molecule has 0 aliphatic carbocycles. The fraction of sp³-hybridized carbons (Fsp3) is 0.429. The number of alkyl halides is 3. The zero-order chi connectivity index (χ0) is 22.1. The van der Waals surface area contributed by atoms with Gasteiger partial charge in [0.05, 0.1) is 16.6 Å². The molecule has 1 atom stereocenters. The molecule has 1 aliphatic rings. The molecule has 9 heteroatoms. The summed E-state index contributed by atoms with van der Waals surface area (Å²) in [6.45, 7) is 7.92. The highest BCUT2D eigenvalue weighted by atomic mass is 35.5. The van der Waals surface area contributed by atoms with Crippen molar-refractivity contribution in [2.75, 3.05) is 36.4 Å². The molecule has 30 heavy (non-hydrogen) atoms. The average molecular weight is 441 g/mol. The van der Waals surface area contributed by atoms with Crippen molar-refractivity contribution in [2.45, 2.75) is 33.0 Å². The first-order valence-electron chi connectivity index (χ1n) is 9.66. The Bertz CT molecular complexity index is 907. The highest BCUT2D eigenvalue weighted by Gasteiger charge is 2.33. The number of pyridine rings is 1. The number of para-hydroxylation sites is 1. The highest BCUT2D eigenvalue weighted by Crippen LogP contribution is 2.33. The Morgan fingerprint density at radius 2 is 1.77 bits per heavy atom. The Kier molecular flexibility index (Phi) is 6.57. The van der Waals surface area contributed by atoms with Crippen LogP contribution in [0.5, 0.6) is 0 Å².